The molecule has 0 atom stereocenters. The molecule has 1 heterocycles. The first-order valence-corrected chi connectivity index (χ1v) is 7.00. The molecule has 0 saturated heterocycles. The summed E-state index contributed by atoms with van der Waals surface area (Å²) in [7, 11) is 0. The van der Waals surface area contributed by atoms with Crippen LogP contribution in [0.15, 0.2) is 30.5 Å². The third-order valence-electron chi connectivity index (χ3n) is 2.57. The minimum atomic E-state index is -0.00192. The average molecular weight is 324 g/mol. The molecule has 19 heavy (non-hydrogen) atoms. The monoisotopic (exact) mass is 323 g/mol. The molecular weight excluding hydrogens is 310 g/mol. The number of rotatable bonds is 6. The van der Waals surface area contributed by atoms with Crippen LogP contribution in [0.2, 0.25) is 0 Å². The van der Waals surface area contributed by atoms with Crippen molar-refractivity contribution >= 4 is 21.7 Å². The molecule has 0 unspecified atom stereocenters. The smallest absolute Gasteiger partial charge is 0.163 e. The first kappa shape index (κ1) is 13.7. The zero-order chi connectivity index (χ0) is 13.7. The Hall–Kier alpha value is -1.69. The summed E-state index contributed by atoms with van der Waals surface area (Å²) in [5.41, 5.74) is 1.48. The van der Waals surface area contributed by atoms with Gasteiger partial charge in [0, 0.05) is 11.5 Å². The summed E-state index contributed by atoms with van der Waals surface area (Å²) in [4.78, 5) is 11.4. The van der Waals surface area contributed by atoms with E-state index in [0.29, 0.717) is 29.8 Å². The molecule has 0 amide bonds. The lowest BCUT2D eigenvalue weighted by atomic mass is 10.1. The van der Waals surface area contributed by atoms with Gasteiger partial charge in [-0.3, -0.25) is 4.79 Å². The Morgan fingerprint density at radius 3 is 2.89 bits per heavy atom. The minimum Gasteiger partial charge on any atom is -0.491 e. The van der Waals surface area contributed by atoms with Crippen molar-refractivity contribution in [1.82, 2.24) is 15.0 Å². The summed E-state index contributed by atoms with van der Waals surface area (Å²) in [5.74, 6) is 0.605. The van der Waals surface area contributed by atoms with Gasteiger partial charge in [-0.1, -0.05) is 33.3 Å². The van der Waals surface area contributed by atoms with E-state index < -0.39 is 0 Å². The molecule has 6 heteroatoms. The third kappa shape index (κ3) is 3.64. The average Bonchev–Trinajstić information content (AvgIpc) is 2.87. The van der Waals surface area contributed by atoms with Crippen LogP contribution in [0.25, 0.3) is 0 Å². The number of hydrogen-bond donors (Lipinski definition) is 0. The number of hydrogen-bond acceptors (Lipinski definition) is 4. The molecule has 0 spiro atoms. The lowest BCUT2D eigenvalue weighted by Crippen LogP contribution is -2.10. The zero-order valence-corrected chi connectivity index (χ0v) is 12.1. The van der Waals surface area contributed by atoms with E-state index in [1.807, 2.05) is 18.3 Å². The van der Waals surface area contributed by atoms with Gasteiger partial charge in [-0.2, -0.15) is 0 Å². The maximum atomic E-state index is 11.4. The molecule has 1 aromatic carbocycles. The second-order valence-electron chi connectivity index (χ2n) is 4.01. The fraction of sp³-hybridized carbons (Fsp3) is 0.308. The van der Waals surface area contributed by atoms with E-state index in [0.717, 1.165) is 5.69 Å². The highest BCUT2D eigenvalue weighted by molar-refractivity contribution is 9.08. The van der Waals surface area contributed by atoms with E-state index in [9.17, 15) is 4.79 Å². The van der Waals surface area contributed by atoms with Crippen LogP contribution in [-0.4, -0.2) is 27.4 Å². The van der Waals surface area contributed by atoms with Crippen LogP contribution in [0.5, 0.6) is 5.75 Å². The molecule has 0 aliphatic rings. The largest absolute Gasteiger partial charge is 0.491 e. The van der Waals surface area contributed by atoms with Crippen LogP contribution in [0, 0.1) is 0 Å². The van der Waals surface area contributed by atoms with Crippen LogP contribution >= 0.6 is 15.9 Å². The molecule has 1 aromatic heterocycles. The standard InChI is InChI=1S/C13H14BrN3O2/c1-10(18)12-4-2-3-5-13(12)19-7-6-17-9-11(8-14)15-16-17/h2-5,9H,6-8H2,1H3. The van der Waals surface area contributed by atoms with Gasteiger partial charge < -0.3 is 4.74 Å². The Kier molecular flexibility index (Phi) is 4.68. The number of nitrogens with zero attached hydrogens (tertiary/aromatic N) is 3. The van der Waals surface area contributed by atoms with E-state index in [1.54, 1.807) is 16.8 Å². The summed E-state index contributed by atoms with van der Waals surface area (Å²) >= 11 is 3.32. The SMILES string of the molecule is CC(=O)c1ccccc1OCCn1cc(CBr)nn1. The molecule has 0 aliphatic heterocycles. The van der Waals surface area contributed by atoms with E-state index in [2.05, 4.69) is 26.2 Å². The molecule has 0 N–H and O–H groups in total. The summed E-state index contributed by atoms with van der Waals surface area (Å²) in [5, 5.41) is 8.61. The molecule has 5 nitrogen and oxygen atoms in total. The lowest BCUT2D eigenvalue weighted by Gasteiger charge is -2.09. The van der Waals surface area contributed by atoms with Crippen LogP contribution in [0.3, 0.4) is 0 Å². The topological polar surface area (TPSA) is 57.0 Å². The molecule has 0 radical (unpaired) electrons. The van der Waals surface area contributed by atoms with Crippen LogP contribution in [0.1, 0.15) is 23.0 Å². The highest BCUT2D eigenvalue weighted by atomic mass is 79.9. The van der Waals surface area contributed by atoms with Crippen molar-refractivity contribution < 1.29 is 9.53 Å². The predicted octanol–water partition coefficient (Wildman–Crippen LogP) is 2.45. The second kappa shape index (κ2) is 6.47. The first-order chi connectivity index (χ1) is 9.20. The van der Waals surface area contributed by atoms with Gasteiger partial charge in [0.2, 0.25) is 0 Å². The number of para-hydroxylation sites is 1. The normalized spacial score (nSPS) is 10.4. The Morgan fingerprint density at radius 2 is 2.21 bits per heavy atom. The Morgan fingerprint density at radius 1 is 1.42 bits per heavy atom. The van der Waals surface area contributed by atoms with Gasteiger partial charge in [0.25, 0.3) is 0 Å². The fourth-order valence-corrected chi connectivity index (χ4v) is 1.90. The maximum absolute atomic E-state index is 11.4. The number of ketones is 1. The van der Waals surface area contributed by atoms with Crippen molar-refractivity contribution in [3.05, 3.63) is 41.7 Å². The van der Waals surface area contributed by atoms with Crippen LogP contribution in [-0.2, 0) is 11.9 Å². The highest BCUT2D eigenvalue weighted by Gasteiger charge is 2.07. The van der Waals surface area contributed by atoms with Crippen molar-refractivity contribution in [2.75, 3.05) is 6.61 Å². The number of carbonyl (C=O) groups is 1. The Bertz CT molecular complexity index is 569. The lowest BCUT2D eigenvalue weighted by molar-refractivity contribution is 0.101. The van der Waals surface area contributed by atoms with Crippen molar-refractivity contribution in [1.29, 1.82) is 0 Å². The third-order valence-corrected chi connectivity index (χ3v) is 3.14. The number of alkyl halides is 1. The van der Waals surface area contributed by atoms with Gasteiger partial charge in [-0.15, -0.1) is 5.10 Å². The van der Waals surface area contributed by atoms with Crippen LogP contribution in [0.4, 0.5) is 0 Å². The number of aromatic nitrogens is 3. The molecule has 0 aliphatic carbocycles. The number of Topliss-reactive ketones (excluding diaryl/α,β-unsaturated/α-hetero) is 1. The maximum Gasteiger partial charge on any atom is 0.163 e. The van der Waals surface area contributed by atoms with Crippen LogP contribution < -0.4 is 4.74 Å². The summed E-state index contributed by atoms with van der Waals surface area (Å²) in [6.45, 7) is 2.56. The summed E-state index contributed by atoms with van der Waals surface area (Å²) < 4.78 is 7.34. The highest BCUT2D eigenvalue weighted by Crippen LogP contribution is 2.18. The van der Waals surface area contributed by atoms with E-state index >= 15 is 0 Å². The molecular formula is C13H14BrN3O2. The molecule has 0 saturated carbocycles. The van der Waals surface area contributed by atoms with Crippen molar-refractivity contribution in [2.45, 2.75) is 18.8 Å². The quantitative estimate of drug-likeness (QED) is 0.605. The second-order valence-corrected chi connectivity index (χ2v) is 4.57. The van der Waals surface area contributed by atoms with Gasteiger partial charge in [0.15, 0.2) is 5.78 Å². The molecule has 2 aromatic rings. The fourth-order valence-electron chi connectivity index (χ4n) is 1.64. The van der Waals surface area contributed by atoms with Crippen molar-refractivity contribution in [2.24, 2.45) is 0 Å². The number of ether oxygens (including phenoxy) is 1. The molecule has 0 fully saturated rings. The number of benzene rings is 1. The Labute approximate surface area is 119 Å². The van der Waals surface area contributed by atoms with Crippen molar-refractivity contribution in [3.63, 3.8) is 0 Å². The van der Waals surface area contributed by atoms with Crippen molar-refractivity contribution in [3.8, 4) is 5.75 Å². The van der Waals surface area contributed by atoms with E-state index in [-0.39, 0.29) is 5.78 Å². The number of halogens is 1. The molecule has 100 valence electrons. The van der Waals surface area contributed by atoms with Gasteiger partial charge in [-0.25, -0.2) is 4.68 Å². The predicted molar refractivity (Wildman–Crippen MR) is 74.6 cm³/mol. The molecule has 0 bridgehead atoms. The van der Waals surface area contributed by atoms with E-state index in [1.165, 1.54) is 6.92 Å². The number of carbonyl (C=O) groups excluding carboxylic acids is 1. The first-order valence-electron chi connectivity index (χ1n) is 5.88. The van der Waals surface area contributed by atoms with Gasteiger partial charge >= 0.3 is 0 Å². The van der Waals surface area contributed by atoms with Gasteiger partial charge in [0.1, 0.15) is 12.4 Å². The van der Waals surface area contributed by atoms with E-state index in [4.69, 9.17) is 4.74 Å². The molecule has 2 rings (SSSR count). The summed E-state index contributed by atoms with van der Waals surface area (Å²) in [6, 6.07) is 7.22. The van der Waals surface area contributed by atoms with Gasteiger partial charge in [0.05, 0.1) is 17.8 Å². The van der Waals surface area contributed by atoms with Gasteiger partial charge in [-0.05, 0) is 19.1 Å². The summed E-state index contributed by atoms with van der Waals surface area (Å²) in [6.07, 6.45) is 1.86. The minimum absolute atomic E-state index is 0.00192. The zero-order valence-electron chi connectivity index (χ0n) is 10.5. The Balaban J connectivity index is 1.94.